The zero-order chi connectivity index (χ0) is 13.7. The van der Waals surface area contributed by atoms with Crippen molar-refractivity contribution >= 4 is 55.9 Å². The van der Waals surface area contributed by atoms with E-state index in [0.29, 0.717) is 10.4 Å². The highest BCUT2D eigenvalue weighted by Crippen LogP contribution is 2.29. The predicted octanol–water partition coefficient (Wildman–Crippen LogP) is 3.65. The SMILES string of the molecule is Cc1nccc2c1c(=O)n(C)c1cc(Cl)c(I)cc21. The van der Waals surface area contributed by atoms with Crippen molar-refractivity contribution in [1.82, 2.24) is 9.55 Å². The van der Waals surface area contributed by atoms with Crippen molar-refractivity contribution in [3.8, 4) is 0 Å². The number of nitrogens with zero attached hydrogens (tertiary/aromatic N) is 2. The number of pyridine rings is 2. The molecule has 0 fully saturated rings. The minimum atomic E-state index is -0.0367. The van der Waals surface area contributed by atoms with Crippen LogP contribution < -0.4 is 5.56 Å². The highest BCUT2D eigenvalue weighted by Gasteiger charge is 2.12. The first kappa shape index (κ1) is 12.9. The Morgan fingerprint density at radius 1 is 1.32 bits per heavy atom. The number of aromatic nitrogens is 2. The molecule has 0 spiro atoms. The lowest BCUT2D eigenvalue weighted by molar-refractivity contribution is 0.915. The summed E-state index contributed by atoms with van der Waals surface area (Å²) in [5, 5.41) is 3.29. The van der Waals surface area contributed by atoms with E-state index in [4.69, 9.17) is 11.6 Å². The molecule has 0 bridgehead atoms. The molecule has 96 valence electrons. The zero-order valence-corrected chi connectivity index (χ0v) is 13.3. The number of hydrogen-bond donors (Lipinski definition) is 0. The maximum absolute atomic E-state index is 12.4. The van der Waals surface area contributed by atoms with E-state index in [1.54, 1.807) is 17.8 Å². The van der Waals surface area contributed by atoms with Crippen molar-refractivity contribution in [2.45, 2.75) is 6.92 Å². The van der Waals surface area contributed by atoms with Gasteiger partial charge in [0.25, 0.3) is 5.56 Å². The van der Waals surface area contributed by atoms with E-state index in [1.165, 1.54) is 0 Å². The van der Waals surface area contributed by atoms with Crippen LogP contribution in [0.25, 0.3) is 21.7 Å². The fourth-order valence-corrected chi connectivity index (χ4v) is 2.99. The molecule has 0 aliphatic rings. The Balaban J connectivity index is 2.72. The van der Waals surface area contributed by atoms with Gasteiger partial charge in [0.2, 0.25) is 0 Å². The first-order chi connectivity index (χ1) is 9.00. The van der Waals surface area contributed by atoms with E-state index in [1.807, 2.05) is 25.1 Å². The summed E-state index contributed by atoms with van der Waals surface area (Å²) in [5.41, 5.74) is 1.56. The standard InChI is InChI=1S/C14H10ClIN2O/c1-7-13-8(3-4-17-7)9-5-11(16)10(15)6-12(9)18(2)14(13)19/h3-6H,1-2H3. The first-order valence-electron chi connectivity index (χ1n) is 5.74. The highest BCUT2D eigenvalue weighted by atomic mass is 127. The van der Waals surface area contributed by atoms with Crippen molar-refractivity contribution < 1.29 is 0 Å². The summed E-state index contributed by atoms with van der Waals surface area (Å²) in [6.07, 6.45) is 1.73. The Labute approximate surface area is 128 Å². The Kier molecular flexibility index (Phi) is 3.02. The van der Waals surface area contributed by atoms with E-state index in [9.17, 15) is 4.79 Å². The van der Waals surface area contributed by atoms with E-state index >= 15 is 0 Å². The van der Waals surface area contributed by atoms with Gasteiger partial charge in [-0.2, -0.15) is 0 Å². The van der Waals surface area contributed by atoms with Gasteiger partial charge in [-0.15, -0.1) is 0 Å². The minimum Gasteiger partial charge on any atom is -0.311 e. The van der Waals surface area contributed by atoms with Gasteiger partial charge in [0.05, 0.1) is 21.6 Å². The second kappa shape index (κ2) is 4.45. The highest BCUT2D eigenvalue weighted by molar-refractivity contribution is 14.1. The van der Waals surface area contributed by atoms with E-state index in [-0.39, 0.29) is 5.56 Å². The number of aryl methyl sites for hydroxylation is 2. The summed E-state index contributed by atoms with van der Waals surface area (Å²) in [4.78, 5) is 16.7. The first-order valence-corrected chi connectivity index (χ1v) is 7.19. The van der Waals surface area contributed by atoms with Crippen LogP contribution in [-0.2, 0) is 7.05 Å². The van der Waals surface area contributed by atoms with Crippen LogP contribution in [0.15, 0.2) is 29.2 Å². The van der Waals surface area contributed by atoms with Gasteiger partial charge >= 0.3 is 0 Å². The second-order valence-electron chi connectivity index (χ2n) is 4.47. The summed E-state index contributed by atoms with van der Waals surface area (Å²) in [6, 6.07) is 5.74. The predicted molar refractivity (Wildman–Crippen MR) is 87.0 cm³/mol. The maximum Gasteiger partial charge on any atom is 0.260 e. The van der Waals surface area contributed by atoms with E-state index in [2.05, 4.69) is 27.6 Å². The Morgan fingerprint density at radius 2 is 2.05 bits per heavy atom. The summed E-state index contributed by atoms with van der Waals surface area (Å²) >= 11 is 8.36. The summed E-state index contributed by atoms with van der Waals surface area (Å²) in [6.45, 7) is 1.86. The lowest BCUT2D eigenvalue weighted by atomic mass is 10.1. The monoisotopic (exact) mass is 384 g/mol. The molecule has 0 radical (unpaired) electrons. The van der Waals surface area contributed by atoms with Gasteiger partial charge in [-0.25, -0.2) is 0 Å². The molecular formula is C14H10ClIN2O. The van der Waals surface area contributed by atoms with Crippen LogP contribution in [0.5, 0.6) is 0 Å². The fourth-order valence-electron chi connectivity index (χ4n) is 2.37. The summed E-state index contributed by atoms with van der Waals surface area (Å²) in [5.74, 6) is 0. The van der Waals surface area contributed by atoms with Gasteiger partial charge in [-0.1, -0.05) is 11.6 Å². The molecule has 2 heterocycles. The van der Waals surface area contributed by atoms with Crippen molar-refractivity contribution in [1.29, 1.82) is 0 Å². The van der Waals surface area contributed by atoms with Crippen LogP contribution in [0, 0.1) is 10.5 Å². The number of hydrogen-bond acceptors (Lipinski definition) is 2. The van der Waals surface area contributed by atoms with Crippen LogP contribution in [0.1, 0.15) is 5.69 Å². The normalized spacial score (nSPS) is 11.4. The maximum atomic E-state index is 12.4. The molecule has 0 aliphatic carbocycles. The molecule has 19 heavy (non-hydrogen) atoms. The third kappa shape index (κ3) is 1.85. The molecular weight excluding hydrogens is 375 g/mol. The summed E-state index contributed by atoms with van der Waals surface area (Å²) in [7, 11) is 1.76. The van der Waals surface area contributed by atoms with Crippen LogP contribution in [0.2, 0.25) is 5.02 Å². The molecule has 1 aromatic carbocycles. The van der Waals surface area contributed by atoms with Crippen molar-refractivity contribution in [2.75, 3.05) is 0 Å². The van der Waals surface area contributed by atoms with Gasteiger partial charge in [-0.05, 0) is 53.1 Å². The van der Waals surface area contributed by atoms with Gasteiger partial charge in [0, 0.05) is 22.2 Å². The van der Waals surface area contributed by atoms with Crippen LogP contribution in [0.4, 0.5) is 0 Å². The molecule has 3 nitrogen and oxygen atoms in total. The topological polar surface area (TPSA) is 34.9 Å². The number of rotatable bonds is 0. The third-order valence-electron chi connectivity index (χ3n) is 3.35. The molecule has 0 N–H and O–H groups in total. The van der Waals surface area contributed by atoms with Crippen molar-refractivity contribution in [2.24, 2.45) is 7.05 Å². The second-order valence-corrected chi connectivity index (χ2v) is 6.04. The molecule has 0 unspecified atom stereocenters. The Morgan fingerprint density at radius 3 is 2.79 bits per heavy atom. The molecule has 2 aromatic heterocycles. The van der Waals surface area contributed by atoms with Gasteiger partial charge in [-0.3, -0.25) is 9.78 Å². The largest absolute Gasteiger partial charge is 0.311 e. The van der Waals surface area contributed by atoms with Crippen LogP contribution in [-0.4, -0.2) is 9.55 Å². The molecule has 0 saturated heterocycles. The number of halogens is 2. The molecule has 3 aromatic rings. The van der Waals surface area contributed by atoms with E-state index < -0.39 is 0 Å². The van der Waals surface area contributed by atoms with Crippen molar-refractivity contribution in [3.63, 3.8) is 0 Å². The summed E-state index contributed by atoms with van der Waals surface area (Å²) < 4.78 is 2.61. The molecule has 3 rings (SSSR count). The van der Waals surface area contributed by atoms with Gasteiger partial charge in [0.15, 0.2) is 0 Å². The average Bonchev–Trinajstić information content (AvgIpc) is 2.38. The molecule has 5 heteroatoms. The Hall–Kier alpha value is -1.14. The smallest absolute Gasteiger partial charge is 0.260 e. The quantitative estimate of drug-likeness (QED) is 0.438. The lowest BCUT2D eigenvalue weighted by Crippen LogP contribution is -2.18. The van der Waals surface area contributed by atoms with E-state index in [0.717, 1.165) is 25.6 Å². The number of benzene rings is 1. The van der Waals surface area contributed by atoms with Crippen LogP contribution in [0.3, 0.4) is 0 Å². The fraction of sp³-hybridized carbons (Fsp3) is 0.143. The molecule has 0 aliphatic heterocycles. The molecule has 0 amide bonds. The molecule has 0 atom stereocenters. The van der Waals surface area contributed by atoms with Crippen molar-refractivity contribution in [3.05, 3.63) is 49.0 Å². The van der Waals surface area contributed by atoms with Gasteiger partial charge in [0.1, 0.15) is 0 Å². The molecule has 0 saturated carbocycles. The van der Waals surface area contributed by atoms with Gasteiger partial charge < -0.3 is 4.57 Å². The Bertz CT molecular complexity index is 886. The lowest BCUT2D eigenvalue weighted by Gasteiger charge is -2.11. The third-order valence-corrected chi connectivity index (χ3v) is 4.87. The average molecular weight is 385 g/mol. The van der Waals surface area contributed by atoms with Crippen LogP contribution >= 0.6 is 34.2 Å². The minimum absolute atomic E-state index is 0.0367. The number of fused-ring (bicyclic) bond motifs is 3. The zero-order valence-electron chi connectivity index (χ0n) is 10.4.